The third kappa shape index (κ3) is 3.74. The van der Waals surface area contributed by atoms with Gasteiger partial charge >= 0.3 is 0 Å². The molecule has 1 atom stereocenters. The highest BCUT2D eigenvalue weighted by Gasteiger charge is 2.12. The fourth-order valence-electron chi connectivity index (χ4n) is 1.77. The number of hydrogen-bond acceptors (Lipinski definition) is 3. The van der Waals surface area contributed by atoms with Gasteiger partial charge in [0, 0.05) is 12.6 Å². The molecule has 17 heavy (non-hydrogen) atoms. The topological polar surface area (TPSA) is 39.9 Å². The summed E-state index contributed by atoms with van der Waals surface area (Å²) >= 11 is 0. The summed E-state index contributed by atoms with van der Waals surface area (Å²) in [6, 6.07) is 6.34. The van der Waals surface area contributed by atoms with Gasteiger partial charge in [0.15, 0.2) is 0 Å². The average molecular weight is 231 g/mol. The van der Waals surface area contributed by atoms with Gasteiger partial charge in [-0.15, -0.1) is 0 Å². The molecule has 1 aromatic heterocycles. The van der Waals surface area contributed by atoms with Crippen molar-refractivity contribution in [3.8, 4) is 6.07 Å². The number of anilines is 1. The number of hydrogen-bond donors (Lipinski definition) is 0. The van der Waals surface area contributed by atoms with Crippen molar-refractivity contribution in [3.63, 3.8) is 0 Å². The third-order valence-corrected chi connectivity index (χ3v) is 3.07. The van der Waals surface area contributed by atoms with E-state index in [-0.39, 0.29) is 0 Å². The van der Waals surface area contributed by atoms with Crippen LogP contribution in [0.3, 0.4) is 0 Å². The Morgan fingerprint density at radius 2 is 2.18 bits per heavy atom. The minimum absolute atomic E-state index is 0.480. The fourth-order valence-corrected chi connectivity index (χ4v) is 1.77. The first-order valence-electron chi connectivity index (χ1n) is 6.35. The summed E-state index contributed by atoms with van der Waals surface area (Å²) in [5.41, 5.74) is 1.60. The zero-order valence-corrected chi connectivity index (χ0v) is 11.0. The lowest BCUT2D eigenvalue weighted by molar-refractivity contribution is 0.595. The normalized spacial score (nSPS) is 11.9. The molecule has 1 rings (SSSR count). The second-order valence-electron chi connectivity index (χ2n) is 4.32. The van der Waals surface area contributed by atoms with Gasteiger partial charge in [0.2, 0.25) is 0 Å². The number of rotatable bonds is 6. The van der Waals surface area contributed by atoms with Crippen molar-refractivity contribution < 1.29 is 0 Å². The van der Waals surface area contributed by atoms with Gasteiger partial charge in [-0.25, -0.2) is 4.98 Å². The molecular formula is C14H21N3. The van der Waals surface area contributed by atoms with E-state index < -0.39 is 0 Å². The number of unbranched alkanes of at least 4 members (excludes halogenated alkanes) is 1. The number of aromatic nitrogens is 1. The smallest absolute Gasteiger partial charge is 0.140 e. The summed E-state index contributed by atoms with van der Waals surface area (Å²) < 4.78 is 0. The molecule has 0 aliphatic rings. The Hall–Kier alpha value is -1.56. The van der Waals surface area contributed by atoms with E-state index in [0.29, 0.717) is 11.7 Å². The Bertz CT molecular complexity index is 364. The van der Waals surface area contributed by atoms with Crippen LogP contribution in [0.2, 0.25) is 0 Å². The summed E-state index contributed by atoms with van der Waals surface area (Å²) in [5, 5.41) is 8.74. The molecule has 0 radical (unpaired) electrons. The molecule has 1 unspecified atom stereocenters. The van der Waals surface area contributed by atoms with Crippen molar-refractivity contribution in [2.45, 2.75) is 46.1 Å². The predicted octanol–water partition coefficient (Wildman–Crippen LogP) is 3.36. The van der Waals surface area contributed by atoms with Crippen molar-refractivity contribution >= 4 is 5.69 Å². The molecule has 0 saturated heterocycles. The lowest BCUT2D eigenvalue weighted by atomic mass is 10.1. The average Bonchev–Trinajstić information content (AvgIpc) is 2.39. The molecule has 0 spiro atoms. The zero-order chi connectivity index (χ0) is 12.7. The Kier molecular flexibility index (Phi) is 5.48. The lowest BCUT2D eigenvalue weighted by Gasteiger charge is -2.30. The molecule has 3 heteroatoms. The molecule has 0 fully saturated rings. The van der Waals surface area contributed by atoms with Crippen molar-refractivity contribution in [1.29, 1.82) is 5.26 Å². The first-order chi connectivity index (χ1) is 8.22. The number of nitrogens with zero attached hydrogens (tertiary/aromatic N) is 3. The zero-order valence-electron chi connectivity index (χ0n) is 11.0. The van der Waals surface area contributed by atoms with Crippen LogP contribution in [-0.2, 0) is 0 Å². The van der Waals surface area contributed by atoms with Gasteiger partial charge in [0.25, 0.3) is 0 Å². The standard InChI is InChI=1S/C14H21N3/c1-4-6-9-17(12(3)5-2)14-8-7-13(10-15)16-11-14/h7-8,11-12H,4-6,9H2,1-3H3. The van der Waals surface area contributed by atoms with Crippen LogP contribution in [0, 0.1) is 11.3 Å². The Labute approximate surface area is 104 Å². The van der Waals surface area contributed by atoms with E-state index in [1.54, 1.807) is 12.3 Å². The number of nitriles is 1. The summed E-state index contributed by atoms with van der Waals surface area (Å²) in [6.07, 6.45) is 5.30. The highest BCUT2D eigenvalue weighted by atomic mass is 15.2. The van der Waals surface area contributed by atoms with E-state index in [1.807, 2.05) is 12.1 Å². The summed E-state index contributed by atoms with van der Waals surface area (Å²) in [6.45, 7) is 7.68. The fraction of sp³-hybridized carbons (Fsp3) is 0.571. The Balaban J connectivity index is 2.84. The molecule has 0 amide bonds. The monoisotopic (exact) mass is 231 g/mol. The van der Waals surface area contributed by atoms with Crippen molar-refractivity contribution in [1.82, 2.24) is 4.98 Å². The van der Waals surface area contributed by atoms with Crippen LogP contribution < -0.4 is 4.90 Å². The van der Waals surface area contributed by atoms with Crippen molar-refractivity contribution in [2.75, 3.05) is 11.4 Å². The SMILES string of the molecule is CCCCN(c1ccc(C#N)nc1)C(C)CC. The van der Waals surface area contributed by atoms with Gasteiger partial charge < -0.3 is 4.90 Å². The molecule has 0 aliphatic carbocycles. The van der Waals surface area contributed by atoms with E-state index in [4.69, 9.17) is 5.26 Å². The summed E-state index contributed by atoms with van der Waals surface area (Å²) in [5.74, 6) is 0. The Morgan fingerprint density at radius 3 is 2.65 bits per heavy atom. The van der Waals surface area contributed by atoms with Gasteiger partial charge in [-0.05, 0) is 31.9 Å². The summed E-state index contributed by atoms with van der Waals surface area (Å²) in [7, 11) is 0. The van der Waals surface area contributed by atoms with E-state index in [1.165, 1.54) is 12.8 Å². The predicted molar refractivity (Wildman–Crippen MR) is 71.0 cm³/mol. The lowest BCUT2D eigenvalue weighted by Crippen LogP contribution is -2.33. The van der Waals surface area contributed by atoms with E-state index in [9.17, 15) is 0 Å². The largest absolute Gasteiger partial charge is 0.368 e. The molecule has 92 valence electrons. The molecule has 0 aliphatic heterocycles. The van der Waals surface area contributed by atoms with Crippen LogP contribution in [0.1, 0.15) is 45.7 Å². The van der Waals surface area contributed by atoms with Crippen LogP contribution in [0.15, 0.2) is 18.3 Å². The number of pyridine rings is 1. The maximum atomic E-state index is 8.74. The van der Waals surface area contributed by atoms with E-state index in [2.05, 4.69) is 30.7 Å². The molecule has 0 saturated carbocycles. The highest BCUT2D eigenvalue weighted by molar-refractivity contribution is 5.46. The Morgan fingerprint density at radius 1 is 1.41 bits per heavy atom. The maximum Gasteiger partial charge on any atom is 0.140 e. The molecular weight excluding hydrogens is 210 g/mol. The molecule has 0 bridgehead atoms. The van der Waals surface area contributed by atoms with Gasteiger partial charge in [0.05, 0.1) is 11.9 Å². The molecule has 1 heterocycles. The second-order valence-corrected chi connectivity index (χ2v) is 4.32. The first-order valence-corrected chi connectivity index (χ1v) is 6.35. The minimum Gasteiger partial charge on any atom is -0.368 e. The first kappa shape index (κ1) is 13.5. The van der Waals surface area contributed by atoms with Gasteiger partial charge in [-0.1, -0.05) is 20.3 Å². The van der Waals surface area contributed by atoms with E-state index >= 15 is 0 Å². The molecule has 0 N–H and O–H groups in total. The summed E-state index contributed by atoms with van der Waals surface area (Å²) in [4.78, 5) is 6.51. The van der Waals surface area contributed by atoms with Crippen LogP contribution in [-0.4, -0.2) is 17.6 Å². The van der Waals surface area contributed by atoms with Crippen LogP contribution in [0.25, 0.3) is 0 Å². The van der Waals surface area contributed by atoms with Crippen LogP contribution in [0.5, 0.6) is 0 Å². The van der Waals surface area contributed by atoms with Gasteiger partial charge in [-0.2, -0.15) is 5.26 Å². The van der Waals surface area contributed by atoms with Gasteiger partial charge in [0.1, 0.15) is 11.8 Å². The maximum absolute atomic E-state index is 8.74. The van der Waals surface area contributed by atoms with Gasteiger partial charge in [-0.3, -0.25) is 0 Å². The quantitative estimate of drug-likeness (QED) is 0.753. The van der Waals surface area contributed by atoms with E-state index in [0.717, 1.165) is 18.7 Å². The molecule has 1 aromatic rings. The molecule has 3 nitrogen and oxygen atoms in total. The third-order valence-electron chi connectivity index (χ3n) is 3.07. The highest BCUT2D eigenvalue weighted by Crippen LogP contribution is 2.18. The second kappa shape index (κ2) is 6.90. The van der Waals surface area contributed by atoms with Crippen molar-refractivity contribution in [3.05, 3.63) is 24.0 Å². The van der Waals surface area contributed by atoms with Crippen molar-refractivity contribution in [2.24, 2.45) is 0 Å². The molecule has 0 aromatic carbocycles. The van der Waals surface area contributed by atoms with Crippen LogP contribution >= 0.6 is 0 Å². The van der Waals surface area contributed by atoms with Crippen LogP contribution in [0.4, 0.5) is 5.69 Å². The minimum atomic E-state index is 0.480.